The Kier molecular flexibility index (Phi) is 5.05. The number of hydrogen-bond acceptors (Lipinski definition) is 4. The Labute approximate surface area is 135 Å². The summed E-state index contributed by atoms with van der Waals surface area (Å²) in [5.74, 6) is -0.132. The molecule has 23 heavy (non-hydrogen) atoms. The number of rotatable bonds is 5. The van der Waals surface area contributed by atoms with E-state index in [-0.39, 0.29) is 5.92 Å². The Bertz CT molecular complexity index is 641. The molecule has 1 saturated heterocycles. The van der Waals surface area contributed by atoms with E-state index in [1.165, 1.54) is 5.56 Å². The van der Waals surface area contributed by atoms with Gasteiger partial charge < -0.3 is 15.0 Å². The lowest BCUT2D eigenvalue weighted by atomic mass is 10.1. The minimum Gasteiger partial charge on any atom is -0.481 e. The second-order valence-electron chi connectivity index (χ2n) is 5.93. The number of benzene rings is 1. The third-order valence-corrected chi connectivity index (χ3v) is 4.19. The Hall–Kier alpha value is -2.18. The number of carboxylic acid groups (broad SMARTS) is 1. The molecule has 3 rings (SSSR count). The van der Waals surface area contributed by atoms with Gasteiger partial charge in [-0.1, -0.05) is 30.3 Å². The molecule has 0 bridgehead atoms. The van der Waals surface area contributed by atoms with Crippen LogP contribution >= 0.6 is 0 Å². The Morgan fingerprint density at radius 1 is 1.30 bits per heavy atom. The van der Waals surface area contributed by atoms with Crippen molar-refractivity contribution in [2.45, 2.75) is 13.1 Å². The van der Waals surface area contributed by atoms with Gasteiger partial charge >= 0.3 is 5.97 Å². The molecule has 0 radical (unpaired) electrons. The van der Waals surface area contributed by atoms with Crippen LogP contribution in [0.5, 0.6) is 0 Å². The van der Waals surface area contributed by atoms with Gasteiger partial charge in [-0.05, 0) is 5.56 Å². The van der Waals surface area contributed by atoms with Crippen molar-refractivity contribution in [2.75, 3.05) is 26.2 Å². The van der Waals surface area contributed by atoms with Crippen LogP contribution in [-0.2, 0) is 17.9 Å². The molecule has 1 fully saturated rings. The minimum atomic E-state index is -0.739. The van der Waals surface area contributed by atoms with Crippen LogP contribution in [-0.4, -0.2) is 51.7 Å². The zero-order chi connectivity index (χ0) is 16.1. The van der Waals surface area contributed by atoms with E-state index < -0.39 is 5.97 Å². The van der Waals surface area contributed by atoms with Gasteiger partial charge in [0.1, 0.15) is 5.82 Å². The Morgan fingerprint density at radius 2 is 2.13 bits per heavy atom. The molecule has 6 heteroatoms. The molecular weight excluding hydrogens is 292 g/mol. The third-order valence-electron chi connectivity index (χ3n) is 4.19. The molecule has 0 aliphatic carbocycles. The van der Waals surface area contributed by atoms with Crippen LogP contribution < -0.4 is 5.32 Å². The molecule has 6 nitrogen and oxygen atoms in total. The van der Waals surface area contributed by atoms with Crippen LogP contribution in [0.4, 0.5) is 0 Å². The SMILES string of the molecule is O=C(O)[C@@H]1CNCCN(Cc2nccn2Cc2ccccc2)C1. The van der Waals surface area contributed by atoms with Crippen LogP contribution in [0.1, 0.15) is 11.4 Å². The molecule has 2 N–H and O–H groups in total. The summed E-state index contributed by atoms with van der Waals surface area (Å²) in [6.07, 6.45) is 3.79. The fourth-order valence-electron chi connectivity index (χ4n) is 2.91. The lowest BCUT2D eigenvalue weighted by molar-refractivity contribution is -0.142. The standard InChI is InChI=1S/C17H22N4O2/c22-17(23)15-10-18-6-8-20(12-15)13-16-19-7-9-21(16)11-14-4-2-1-3-5-14/h1-5,7,9,15,18H,6,8,10-13H2,(H,22,23)/t15-/m1/s1. The zero-order valence-corrected chi connectivity index (χ0v) is 13.1. The summed E-state index contributed by atoms with van der Waals surface area (Å²) in [6.45, 7) is 4.19. The fraction of sp³-hybridized carbons (Fsp3) is 0.412. The number of carbonyl (C=O) groups is 1. The number of carboxylic acids is 1. The van der Waals surface area contributed by atoms with Crippen molar-refractivity contribution < 1.29 is 9.90 Å². The van der Waals surface area contributed by atoms with Crippen LogP contribution in [0.25, 0.3) is 0 Å². The number of aromatic nitrogens is 2. The van der Waals surface area contributed by atoms with Crippen molar-refractivity contribution >= 4 is 5.97 Å². The van der Waals surface area contributed by atoms with Gasteiger partial charge in [0.15, 0.2) is 0 Å². The average Bonchev–Trinajstić information content (AvgIpc) is 2.83. The maximum Gasteiger partial charge on any atom is 0.309 e. The first-order valence-electron chi connectivity index (χ1n) is 7.92. The summed E-state index contributed by atoms with van der Waals surface area (Å²) < 4.78 is 2.13. The Morgan fingerprint density at radius 3 is 2.91 bits per heavy atom. The summed E-state index contributed by atoms with van der Waals surface area (Å²) >= 11 is 0. The van der Waals surface area contributed by atoms with Gasteiger partial charge in [0.25, 0.3) is 0 Å². The first kappa shape index (κ1) is 15.7. The molecular formula is C17H22N4O2. The van der Waals surface area contributed by atoms with E-state index >= 15 is 0 Å². The molecule has 1 aliphatic heterocycles. The highest BCUT2D eigenvalue weighted by molar-refractivity contribution is 5.70. The molecule has 0 spiro atoms. The Balaban J connectivity index is 1.68. The topological polar surface area (TPSA) is 70.4 Å². The summed E-state index contributed by atoms with van der Waals surface area (Å²) in [7, 11) is 0. The van der Waals surface area contributed by atoms with Crippen molar-refractivity contribution in [2.24, 2.45) is 5.92 Å². The number of imidazole rings is 1. The largest absolute Gasteiger partial charge is 0.481 e. The number of nitrogens with zero attached hydrogens (tertiary/aromatic N) is 3. The van der Waals surface area contributed by atoms with Crippen molar-refractivity contribution in [3.63, 3.8) is 0 Å². The molecule has 122 valence electrons. The van der Waals surface area contributed by atoms with Gasteiger partial charge in [0.2, 0.25) is 0 Å². The van der Waals surface area contributed by atoms with Crippen molar-refractivity contribution in [1.29, 1.82) is 0 Å². The van der Waals surface area contributed by atoms with Gasteiger partial charge in [0, 0.05) is 45.1 Å². The van der Waals surface area contributed by atoms with Gasteiger partial charge in [-0.15, -0.1) is 0 Å². The summed E-state index contributed by atoms with van der Waals surface area (Å²) in [6, 6.07) is 10.3. The van der Waals surface area contributed by atoms with Crippen molar-refractivity contribution in [1.82, 2.24) is 19.8 Å². The first-order valence-corrected chi connectivity index (χ1v) is 7.92. The lowest BCUT2D eigenvalue weighted by Gasteiger charge is -2.22. The van der Waals surface area contributed by atoms with Crippen molar-refractivity contribution in [3.05, 3.63) is 54.1 Å². The number of nitrogens with one attached hydrogen (secondary N) is 1. The molecule has 1 aromatic heterocycles. The van der Waals surface area contributed by atoms with E-state index in [1.54, 1.807) is 0 Å². The van der Waals surface area contributed by atoms with E-state index in [9.17, 15) is 9.90 Å². The highest BCUT2D eigenvalue weighted by Crippen LogP contribution is 2.11. The third kappa shape index (κ3) is 4.18. The van der Waals surface area contributed by atoms with Crippen LogP contribution in [0, 0.1) is 5.92 Å². The predicted octanol–water partition coefficient (Wildman–Crippen LogP) is 1.04. The summed E-state index contributed by atoms with van der Waals surface area (Å²) in [4.78, 5) is 17.9. The van der Waals surface area contributed by atoms with E-state index in [0.29, 0.717) is 19.6 Å². The van der Waals surface area contributed by atoms with Gasteiger partial charge in [-0.2, -0.15) is 0 Å². The quantitative estimate of drug-likeness (QED) is 0.863. The monoisotopic (exact) mass is 314 g/mol. The van der Waals surface area contributed by atoms with Crippen molar-refractivity contribution in [3.8, 4) is 0 Å². The molecule has 1 atom stereocenters. The summed E-state index contributed by atoms with van der Waals surface area (Å²) in [5.41, 5.74) is 1.23. The lowest BCUT2D eigenvalue weighted by Crippen LogP contribution is -2.34. The minimum absolute atomic E-state index is 0.366. The molecule has 1 aliphatic rings. The molecule has 0 amide bonds. The fourth-order valence-corrected chi connectivity index (χ4v) is 2.91. The van der Waals surface area contributed by atoms with Crippen LogP contribution in [0.3, 0.4) is 0 Å². The van der Waals surface area contributed by atoms with E-state index in [4.69, 9.17) is 0 Å². The van der Waals surface area contributed by atoms with E-state index in [1.807, 2.05) is 30.6 Å². The molecule has 2 heterocycles. The predicted molar refractivity (Wildman–Crippen MR) is 87.0 cm³/mol. The second-order valence-corrected chi connectivity index (χ2v) is 5.93. The van der Waals surface area contributed by atoms with Gasteiger partial charge in [-0.25, -0.2) is 4.98 Å². The normalized spacial score (nSPS) is 19.4. The number of aliphatic carboxylic acids is 1. The molecule has 0 unspecified atom stereocenters. The molecule has 1 aromatic carbocycles. The molecule has 0 saturated carbocycles. The zero-order valence-electron chi connectivity index (χ0n) is 13.1. The van der Waals surface area contributed by atoms with E-state index in [2.05, 4.69) is 31.9 Å². The van der Waals surface area contributed by atoms with Crippen LogP contribution in [0.2, 0.25) is 0 Å². The first-order chi connectivity index (χ1) is 11.2. The van der Waals surface area contributed by atoms with Gasteiger partial charge in [0.05, 0.1) is 12.5 Å². The maximum absolute atomic E-state index is 11.3. The average molecular weight is 314 g/mol. The summed E-state index contributed by atoms with van der Waals surface area (Å²) in [5, 5.41) is 12.5. The van der Waals surface area contributed by atoms with Gasteiger partial charge in [-0.3, -0.25) is 9.69 Å². The number of hydrogen-bond donors (Lipinski definition) is 2. The smallest absolute Gasteiger partial charge is 0.309 e. The van der Waals surface area contributed by atoms with Crippen LogP contribution in [0.15, 0.2) is 42.7 Å². The highest BCUT2D eigenvalue weighted by Gasteiger charge is 2.24. The molecule has 2 aromatic rings. The highest BCUT2D eigenvalue weighted by atomic mass is 16.4. The van der Waals surface area contributed by atoms with E-state index in [0.717, 1.165) is 25.5 Å². The second kappa shape index (κ2) is 7.39. The maximum atomic E-state index is 11.3.